The van der Waals surface area contributed by atoms with Crippen LogP contribution in [0.25, 0.3) is 11.3 Å². The highest BCUT2D eigenvalue weighted by molar-refractivity contribution is 6.30. The van der Waals surface area contributed by atoms with Crippen molar-refractivity contribution in [3.05, 3.63) is 70.7 Å². The van der Waals surface area contributed by atoms with Crippen LogP contribution in [-0.2, 0) is 6.61 Å². The number of hydrogen-bond donors (Lipinski definition) is 2. The summed E-state index contributed by atoms with van der Waals surface area (Å²) in [4.78, 5) is 4.54. The lowest BCUT2D eigenvalue weighted by Gasteiger charge is -2.12. The quantitative estimate of drug-likeness (QED) is 0.687. The van der Waals surface area contributed by atoms with Crippen LogP contribution in [0.15, 0.2) is 52.9 Å². The molecule has 1 unspecified atom stereocenters. The lowest BCUT2D eigenvalue weighted by molar-refractivity contribution is 0.282. The van der Waals surface area contributed by atoms with Gasteiger partial charge in [-0.2, -0.15) is 0 Å². The number of hydrogen-bond acceptors (Lipinski definition) is 4. The molecule has 3 rings (SSSR count). The van der Waals surface area contributed by atoms with Crippen molar-refractivity contribution in [3.8, 4) is 11.3 Å². The summed E-state index contributed by atoms with van der Waals surface area (Å²) in [6, 6.07) is 15.0. The summed E-state index contributed by atoms with van der Waals surface area (Å²) in [6.45, 7) is 3.93. The van der Waals surface area contributed by atoms with Crippen molar-refractivity contribution >= 4 is 17.3 Å². The molecule has 4 nitrogen and oxygen atoms in total. The zero-order valence-corrected chi connectivity index (χ0v) is 14.3. The van der Waals surface area contributed by atoms with Crippen LogP contribution in [-0.4, -0.2) is 10.1 Å². The zero-order chi connectivity index (χ0) is 17.1. The SMILES string of the molecule is Cc1nc(C(C)Nc2cccc(CO)c2)oc1-c1ccc(Cl)cc1. The topological polar surface area (TPSA) is 58.3 Å². The number of aromatic nitrogens is 1. The van der Waals surface area contributed by atoms with Crippen LogP contribution in [0.3, 0.4) is 0 Å². The van der Waals surface area contributed by atoms with Crippen molar-refractivity contribution in [1.82, 2.24) is 4.98 Å². The van der Waals surface area contributed by atoms with Gasteiger partial charge in [0.25, 0.3) is 0 Å². The first-order valence-corrected chi connectivity index (χ1v) is 8.14. The van der Waals surface area contributed by atoms with Gasteiger partial charge in [-0.25, -0.2) is 4.98 Å². The van der Waals surface area contributed by atoms with Gasteiger partial charge in [0.15, 0.2) is 5.76 Å². The number of benzene rings is 2. The number of anilines is 1. The van der Waals surface area contributed by atoms with Gasteiger partial charge in [-0.1, -0.05) is 23.7 Å². The van der Waals surface area contributed by atoms with Gasteiger partial charge in [0, 0.05) is 16.3 Å². The molecule has 3 aromatic rings. The standard InChI is InChI=1S/C19H19ClN2O2/c1-12-18(15-6-8-16(20)9-7-15)24-19(22-12)13(2)21-17-5-3-4-14(10-17)11-23/h3-10,13,21,23H,11H2,1-2H3. The molecule has 1 atom stereocenters. The van der Waals surface area contributed by atoms with Crippen LogP contribution >= 0.6 is 11.6 Å². The molecular formula is C19H19ClN2O2. The fraction of sp³-hybridized carbons (Fsp3) is 0.211. The largest absolute Gasteiger partial charge is 0.438 e. The molecule has 0 fully saturated rings. The van der Waals surface area contributed by atoms with Crippen molar-refractivity contribution in [2.24, 2.45) is 0 Å². The Morgan fingerprint density at radius 1 is 1.21 bits per heavy atom. The Bertz CT molecular complexity index is 828. The summed E-state index contributed by atoms with van der Waals surface area (Å²) in [5, 5.41) is 13.3. The van der Waals surface area contributed by atoms with Gasteiger partial charge in [-0.05, 0) is 55.8 Å². The second-order valence-corrected chi connectivity index (χ2v) is 6.13. The summed E-state index contributed by atoms with van der Waals surface area (Å²) in [5.74, 6) is 1.37. The molecule has 0 spiro atoms. The van der Waals surface area contributed by atoms with Gasteiger partial charge < -0.3 is 14.8 Å². The van der Waals surface area contributed by atoms with E-state index in [-0.39, 0.29) is 12.6 Å². The van der Waals surface area contributed by atoms with E-state index in [4.69, 9.17) is 16.0 Å². The maximum Gasteiger partial charge on any atom is 0.217 e. The average molecular weight is 343 g/mol. The Balaban J connectivity index is 1.81. The molecule has 0 aliphatic carbocycles. The molecule has 1 aromatic heterocycles. The maximum absolute atomic E-state index is 9.23. The van der Waals surface area contributed by atoms with E-state index in [2.05, 4.69) is 10.3 Å². The van der Waals surface area contributed by atoms with Gasteiger partial charge in [0.1, 0.15) is 6.04 Å². The van der Waals surface area contributed by atoms with Gasteiger partial charge in [-0.3, -0.25) is 0 Å². The molecule has 0 bridgehead atoms. The third kappa shape index (κ3) is 3.61. The molecule has 0 saturated carbocycles. The Labute approximate surface area is 146 Å². The van der Waals surface area contributed by atoms with Crippen LogP contribution in [0.4, 0.5) is 5.69 Å². The third-order valence-electron chi connectivity index (χ3n) is 3.78. The zero-order valence-electron chi connectivity index (χ0n) is 13.6. The Hall–Kier alpha value is -2.30. The number of nitrogens with one attached hydrogen (secondary N) is 1. The minimum absolute atomic E-state index is 0.0166. The third-order valence-corrected chi connectivity index (χ3v) is 4.03. The summed E-state index contributed by atoms with van der Waals surface area (Å²) >= 11 is 5.94. The molecule has 0 radical (unpaired) electrons. The van der Waals surface area contributed by atoms with Gasteiger partial charge >= 0.3 is 0 Å². The number of rotatable bonds is 5. The highest BCUT2D eigenvalue weighted by atomic mass is 35.5. The van der Waals surface area contributed by atoms with Crippen molar-refractivity contribution in [1.29, 1.82) is 0 Å². The number of nitrogens with zero attached hydrogens (tertiary/aromatic N) is 1. The van der Waals surface area contributed by atoms with E-state index in [9.17, 15) is 5.11 Å². The van der Waals surface area contributed by atoms with Crippen LogP contribution < -0.4 is 5.32 Å². The fourth-order valence-electron chi connectivity index (χ4n) is 2.54. The summed E-state index contributed by atoms with van der Waals surface area (Å²) in [7, 11) is 0. The average Bonchev–Trinajstić information content (AvgIpc) is 2.98. The lowest BCUT2D eigenvalue weighted by Crippen LogP contribution is -2.07. The molecule has 1 heterocycles. The molecule has 0 saturated heterocycles. The molecule has 5 heteroatoms. The Kier molecular flexibility index (Phi) is 4.88. The smallest absolute Gasteiger partial charge is 0.217 e. The normalized spacial score (nSPS) is 12.2. The van der Waals surface area contributed by atoms with E-state index < -0.39 is 0 Å². The lowest BCUT2D eigenvalue weighted by atomic mass is 10.1. The van der Waals surface area contributed by atoms with E-state index in [0.717, 1.165) is 28.3 Å². The summed E-state index contributed by atoms with van der Waals surface area (Å²) in [6.07, 6.45) is 0. The minimum atomic E-state index is -0.0984. The molecule has 124 valence electrons. The maximum atomic E-state index is 9.23. The van der Waals surface area contributed by atoms with Crippen LogP contribution in [0.5, 0.6) is 0 Å². The summed E-state index contributed by atoms with van der Waals surface area (Å²) in [5.41, 5.74) is 3.56. The Morgan fingerprint density at radius 2 is 1.96 bits per heavy atom. The van der Waals surface area contributed by atoms with E-state index in [1.165, 1.54) is 0 Å². The fourth-order valence-corrected chi connectivity index (χ4v) is 2.67. The Morgan fingerprint density at radius 3 is 2.67 bits per heavy atom. The predicted octanol–water partition coefficient (Wildman–Crippen LogP) is 4.97. The second kappa shape index (κ2) is 7.07. The van der Waals surface area contributed by atoms with E-state index in [1.807, 2.05) is 62.4 Å². The first kappa shape index (κ1) is 16.6. The monoisotopic (exact) mass is 342 g/mol. The van der Waals surface area contributed by atoms with E-state index in [0.29, 0.717) is 10.9 Å². The number of aliphatic hydroxyl groups excluding tert-OH is 1. The van der Waals surface area contributed by atoms with Gasteiger partial charge in [-0.15, -0.1) is 0 Å². The predicted molar refractivity (Wildman–Crippen MR) is 96.1 cm³/mol. The van der Waals surface area contributed by atoms with Crippen molar-refractivity contribution < 1.29 is 9.52 Å². The molecule has 0 aliphatic rings. The first-order valence-electron chi connectivity index (χ1n) is 7.76. The van der Waals surface area contributed by atoms with Crippen LogP contribution in [0, 0.1) is 6.92 Å². The van der Waals surface area contributed by atoms with E-state index in [1.54, 1.807) is 0 Å². The molecule has 24 heavy (non-hydrogen) atoms. The van der Waals surface area contributed by atoms with Gasteiger partial charge in [0.2, 0.25) is 5.89 Å². The number of aryl methyl sites for hydroxylation is 1. The molecular weight excluding hydrogens is 324 g/mol. The van der Waals surface area contributed by atoms with Crippen LogP contribution in [0.2, 0.25) is 5.02 Å². The molecule has 2 aromatic carbocycles. The van der Waals surface area contributed by atoms with Crippen molar-refractivity contribution in [2.75, 3.05) is 5.32 Å². The highest BCUT2D eigenvalue weighted by Crippen LogP contribution is 2.29. The number of halogens is 1. The number of oxazole rings is 1. The molecule has 2 N–H and O–H groups in total. The summed E-state index contributed by atoms with van der Waals surface area (Å²) < 4.78 is 5.96. The highest BCUT2D eigenvalue weighted by Gasteiger charge is 2.17. The van der Waals surface area contributed by atoms with E-state index >= 15 is 0 Å². The van der Waals surface area contributed by atoms with Gasteiger partial charge in [0.05, 0.1) is 12.3 Å². The molecule has 0 amide bonds. The van der Waals surface area contributed by atoms with Crippen molar-refractivity contribution in [2.45, 2.75) is 26.5 Å². The van der Waals surface area contributed by atoms with Crippen LogP contribution in [0.1, 0.15) is 30.1 Å². The molecule has 0 aliphatic heterocycles. The minimum Gasteiger partial charge on any atom is -0.438 e. The van der Waals surface area contributed by atoms with Crippen molar-refractivity contribution in [3.63, 3.8) is 0 Å². The first-order chi connectivity index (χ1) is 11.6. The number of aliphatic hydroxyl groups is 1. The second-order valence-electron chi connectivity index (χ2n) is 5.70.